The van der Waals surface area contributed by atoms with Crippen LogP contribution in [0.15, 0.2) is 21.5 Å². The van der Waals surface area contributed by atoms with Crippen molar-refractivity contribution in [2.75, 3.05) is 13.2 Å². The molecule has 1 aromatic carbocycles. The third-order valence-corrected chi connectivity index (χ3v) is 4.98. The second kappa shape index (κ2) is 5.57. The summed E-state index contributed by atoms with van der Waals surface area (Å²) in [6.07, 6.45) is -0.335. The molecule has 1 aliphatic rings. The molecule has 0 N–H and O–H groups in total. The molecule has 104 valence electrons. The van der Waals surface area contributed by atoms with E-state index in [1.165, 1.54) is 6.07 Å². The van der Waals surface area contributed by atoms with Gasteiger partial charge in [-0.2, -0.15) is 0 Å². The zero-order valence-electron chi connectivity index (χ0n) is 9.23. The van der Waals surface area contributed by atoms with Crippen LogP contribution in [0.4, 0.5) is 0 Å². The minimum atomic E-state index is -3.97. The lowest BCUT2D eigenvalue weighted by atomic mass is 10.2. The normalized spacial score (nSPS) is 15.9. The summed E-state index contributed by atoms with van der Waals surface area (Å²) in [5.41, 5.74) is -0.0674. The SMILES string of the molecule is O=C(OC1COC1)c1cc(S(=O)(=O)Cl)cc(Br)c1Cl. The minimum Gasteiger partial charge on any atom is -0.454 e. The first kappa shape index (κ1) is 15.1. The predicted octanol–water partition coefficient (Wildman–Crippen LogP) is 2.59. The average molecular weight is 390 g/mol. The van der Waals surface area contributed by atoms with E-state index in [4.69, 9.17) is 31.8 Å². The second-order valence-corrected chi connectivity index (χ2v) is 7.57. The highest BCUT2D eigenvalue weighted by Crippen LogP contribution is 2.32. The van der Waals surface area contributed by atoms with Crippen LogP contribution in [0, 0.1) is 0 Å². The molecule has 0 amide bonds. The highest BCUT2D eigenvalue weighted by atomic mass is 79.9. The number of benzene rings is 1. The number of carbonyl (C=O) groups excluding carboxylic acids is 1. The van der Waals surface area contributed by atoms with E-state index in [0.717, 1.165) is 6.07 Å². The first-order valence-corrected chi connectivity index (χ1v) is 8.49. The molecule has 2 rings (SSSR count). The van der Waals surface area contributed by atoms with Gasteiger partial charge in [-0.15, -0.1) is 0 Å². The van der Waals surface area contributed by atoms with Crippen molar-refractivity contribution in [3.8, 4) is 0 Å². The summed E-state index contributed by atoms with van der Waals surface area (Å²) in [5.74, 6) is -0.721. The molecule has 0 aromatic heterocycles. The zero-order valence-corrected chi connectivity index (χ0v) is 13.1. The molecule has 5 nitrogen and oxygen atoms in total. The average Bonchev–Trinajstić information content (AvgIpc) is 2.25. The molecule has 9 heteroatoms. The van der Waals surface area contributed by atoms with E-state index in [9.17, 15) is 13.2 Å². The van der Waals surface area contributed by atoms with E-state index in [-0.39, 0.29) is 26.1 Å². The molecular formula is C10H7BrCl2O5S. The molecule has 0 radical (unpaired) electrons. The molecular weight excluding hydrogens is 383 g/mol. The maximum atomic E-state index is 11.9. The maximum Gasteiger partial charge on any atom is 0.340 e. The summed E-state index contributed by atoms with van der Waals surface area (Å²) in [6, 6.07) is 2.30. The van der Waals surface area contributed by atoms with Crippen molar-refractivity contribution in [1.82, 2.24) is 0 Å². The standard InChI is InChI=1S/C10H7BrCl2O5S/c11-8-2-6(19(13,15)16)1-7(9(8)12)10(14)18-5-3-17-4-5/h1-2,5H,3-4H2. The van der Waals surface area contributed by atoms with Gasteiger partial charge in [-0.1, -0.05) is 11.6 Å². The van der Waals surface area contributed by atoms with Gasteiger partial charge in [-0.3, -0.25) is 0 Å². The second-order valence-electron chi connectivity index (χ2n) is 3.77. The van der Waals surface area contributed by atoms with Gasteiger partial charge < -0.3 is 9.47 Å². The molecule has 1 aliphatic heterocycles. The number of carbonyl (C=O) groups is 1. The molecule has 0 aliphatic carbocycles. The zero-order chi connectivity index (χ0) is 14.2. The molecule has 0 atom stereocenters. The molecule has 1 heterocycles. The van der Waals surface area contributed by atoms with Crippen LogP contribution in [-0.4, -0.2) is 33.7 Å². The van der Waals surface area contributed by atoms with Gasteiger partial charge in [0.2, 0.25) is 0 Å². The third kappa shape index (κ3) is 3.41. The summed E-state index contributed by atoms with van der Waals surface area (Å²) < 4.78 is 32.8. The largest absolute Gasteiger partial charge is 0.454 e. The minimum absolute atomic E-state index is 0.0642. The fourth-order valence-electron chi connectivity index (χ4n) is 1.35. The van der Waals surface area contributed by atoms with Crippen molar-refractivity contribution in [1.29, 1.82) is 0 Å². The summed E-state index contributed by atoms with van der Waals surface area (Å²) in [4.78, 5) is 11.6. The number of ether oxygens (including phenoxy) is 2. The lowest BCUT2D eigenvalue weighted by molar-refractivity contribution is -0.103. The smallest absolute Gasteiger partial charge is 0.340 e. The summed E-state index contributed by atoms with van der Waals surface area (Å²) in [6.45, 7) is 0.635. The Morgan fingerprint density at radius 1 is 1.42 bits per heavy atom. The van der Waals surface area contributed by atoms with E-state index < -0.39 is 15.0 Å². The van der Waals surface area contributed by atoms with Gasteiger partial charge in [-0.05, 0) is 28.1 Å². The van der Waals surface area contributed by atoms with Gasteiger partial charge in [-0.25, -0.2) is 13.2 Å². The van der Waals surface area contributed by atoms with Crippen LogP contribution in [0.2, 0.25) is 5.02 Å². The number of hydrogen-bond donors (Lipinski definition) is 0. The van der Waals surface area contributed by atoms with Crippen molar-refractivity contribution >= 4 is 53.2 Å². The van der Waals surface area contributed by atoms with Crippen molar-refractivity contribution in [2.24, 2.45) is 0 Å². The van der Waals surface area contributed by atoms with Crippen LogP contribution < -0.4 is 0 Å². The number of halogens is 3. The topological polar surface area (TPSA) is 69.7 Å². The fraction of sp³-hybridized carbons (Fsp3) is 0.300. The van der Waals surface area contributed by atoms with E-state index in [0.29, 0.717) is 13.2 Å². The number of rotatable bonds is 3. The van der Waals surface area contributed by atoms with Crippen LogP contribution in [0.5, 0.6) is 0 Å². The lowest BCUT2D eigenvalue weighted by Crippen LogP contribution is -2.37. The monoisotopic (exact) mass is 388 g/mol. The van der Waals surface area contributed by atoms with Gasteiger partial charge in [0.25, 0.3) is 9.05 Å². The molecule has 0 bridgehead atoms. The van der Waals surface area contributed by atoms with Gasteiger partial charge >= 0.3 is 5.97 Å². The Morgan fingerprint density at radius 3 is 2.53 bits per heavy atom. The van der Waals surface area contributed by atoms with Crippen LogP contribution in [-0.2, 0) is 18.5 Å². The Kier molecular flexibility index (Phi) is 4.42. The van der Waals surface area contributed by atoms with Gasteiger partial charge in [0.05, 0.1) is 28.7 Å². The highest BCUT2D eigenvalue weighted by Gasteiger charge is 2.26. The highest BCUT2D eigenvalue weighted by molar-refractivity contribution is 9.10. The Labute approximate surface area is 127 Å². The Bertz CT molecular complexity index is 627. The van der Waals surface area contributed by atoms with Crippen LogP contribution in [0.3, 0.4) is 0 Å². The first-order valence-electron chi connectivity index (χ1n) is 5.01. The van der Waals surface area contributed by atoms with Crippen LogP contribution in [0.25, 0.3) is 0 Å². The number of esters is 1. The molecule has 19 heavy (non-hydrogen) atoms. The summed E-state index contributed by atoms with van der Waals surface area (Å²) in [5, 5.41) is 0.0642. The summed E-state index contributed by atoms with van der Waals surface area (Å²) >= 11 is 9.01. The molecule has 1 fully saturated rings. The van der Waals surface area contributed by atoms with Gasteiger partial charge in [0.15, 0.2) is 0 Å². The Balaban J connectivity index is 2.37. The molecule has 0 saturated carbocycles. The molecule has 1 saturated heterocycles. The molecule has 1 aromatic rings. The van der Waals surface area contributed by atoms with Crippen LogP contribution in [0.1, 0.15) is 10.4 Å². The lowest BCUT2D eigenvalue weighted by Gasteiger charge is -2.25. The van der Waals surface area contributed by atoms with Crippen molar-refractivity contribution in [3.05, 3.63) is 27.2 Å². The van der Waals surface area contributed by atoms with Crippen molar-refractivity contribution in [2.45, 2.75) is 11.0 Å². The van der Waals surface area contributed by atoms with E-state index in [2.05, 4.69) is 15.9 Å². The van der Waals surface area contributed by atoms with Gasteiger partial charge in [0, 0.05) is 15.2 Å². The number of hydrogen-bond acceptors (Lipinski definition) is 5. The Hall–Kier alpha value is -0.340. The van der Waals surface area contributed by atoms with E-state index >= 15 is 0 Å². The van der Waals surface area contributed by atoms with Gasteiger partial charge in [0.1, 0.15) is 6.10 Å². The summed E-state index contributed by atoms with van der Waals surface area (Å²) in [7, 11) is 1.27. The first-order chi connectivity index (χ1) is 8.79. The predicted molar refractivity (Wildman–Crippen MR) is 72.2 cm³/mol. The maximum absolute atomic E-state index is 11.9. The third-order valence-electron chi connectivity index (χ3n) is 2.38. The molecule has 0 spiro atoms. The Morgan fingerprint density at radius 2 is 2.05 bits per heavy atom. The van der Waals surface area contributed by atoms with Crippen molar-refractivity contribution in [3.63, 3.8) is 0 Å². The van der Waals surface area contributed by atoms with E-state index in [1.54, 1.807) is 0 Å². The quantitative estimate of drug-likeness (QED) is 0.587. The fourth-order valence-corrected chi connectivity index (χ4v) is 2.93. The van der Waals surface area contributed by atoms with E-state index in [1.807, 2.05) is 0 Å². The van der Waals surface area contributed by atoms with Crippen LogP contribution >= 0.6 is 38.2 Å². The molecule has 0 unspecified atom stereocenters. The van der Waals surface area contributed by atoms with Crippen molar-refractivity contribution < 1.29 is 22.7 Å².